The summed E-state index contributed by atoms with van der Waals surface area (Å²) in [6.45, 7) is 7.36. The number of ether oxygens (including phenoxy) is 1. The normalized spacial score (nSPS) is 11.5. The standard InChI is InChI=1S/C20H24N2O3/c1-13-7-5-10-17(11-13)25-16(4)20(24)21-12-18(23)22-19-14(2)8-6-9-15(19)3/h5-11,16H,12H2,1-4H3,(H,21,24)(H,22,23)/t16-/m1/s1. The highest BCUT2D eigenvalue weighted by molar-refractivity contribution is 5.96. The van der Waals surface area contributed by atoms with E-state index in [1.54, 1.807) is 13.0 Å². The number of carbonyl (C=O) groups is 2. The third-order valence-corrected chi connectivity index (χ3v) is 3.84. The van der Waals surface area contributed by atoms with Crippen LogP contribution in [0.25, 0.3) is 0 Å². The molecular weight excluding hydrogens is 316 g/mol. The predicted octanol–water partition coefficient (Wildman–Crippen LogP) is 3.13. The van der Waals surface area contributed by atoms with Crippen LogP contribution in [-0.2, 0) is 9.59 Å². The summed E-state index contributed by atoms with van der Waals surface area (Å²) in [5.41, 5.74) is 3.80. The van der Waals surface area contributed by atoms with Gasteiger partial charge in [0.05, 0.1) is 6.54 Å². The van der Waals surface area contributed by atoms with E-state index in [2.05, 4.69) is 10.6 Å². The molecule has 0 aromatic heterocycles. The maximum atomic E-state index is 12.1. The number of hydrogen-bond acceptors (Lipinski definition) is 3. The van der Waals surface area contributed by atoms with Crippen LogP contribution in [0.2, 0.25) is 0 Å². The van der Waals surface area contributed by atoms with Crippen LogP contribution in [0.1, 0.15) is 23.6 Å². The average molecular weight is 340 g/mol. The van der Waals surface area contributed by atoms with Crippen molar-refractivity contribution in [2.45, 2.75) is 33.8 Å². The third kappa shape index (κ3) is 5.35. The van der Waals surface area contributed by atoms with Crippen LogP contribution in [0, 0.1) is 20.8 Å². The van der Waals surface area contributed by atoms with E-state index in [0.29, 0.717) is 5.75 Å². The zero-order chi connectivity index (χ0) is 18.4. The summed E-state index contributed by atoms with van der Waals surface area (Å²) in [5.74, 6) is 0.0225. The highest BCUT2D eigenvalue weighted by atomic mass is 16.5. The number of aryl methyl sites for hydroxylation is 3. The van der Waals surface area contributed by atoms with Crippen molar-refractivity contribution in [1.82, 2.24) is 5.32 Å². The Morgan fingerprint density at radius 1 is 1.04 bits per heavy atom. The first-order chi connectivity index (χ1) is 11.9. The van der Waals surface area contributed by atoms with E-state index in [-0.39, 0.29) is 18.4 Å². The molecule has 0 unspecified atom stereocenters. The summed E-state index contributed by atoms with van der Waals surface area (Å²) in [6, 6.07) is 13.3. The van der Waals surface area contributed by atoms with Gasteiger partial charge in [0, 0.05) is 5.69 Å². The van der Waals surface area contributed by atoms with Gasteiger partial charge in [0.25, 0.3) is 5.91 Å². The maximum Gasteiger partial charge on any atom is 0.261 e. The smallest absolute Gasteiger partial charge is 0.261 e. The molecule has 1 atom stereocenters. The molecule has 5 heteroatoms. The molecule has 0 aliphatic rings. The summed E-state index contributed by atoms with van der Waals surface area (Å²) in [5, 5.41) is 5.44. The molecular formula is C20H24N2O3. The van der Waals surface area contributed by atoms with E-state index in [1.807, 2.05) is 57.2 Å². The van der Waals surface area contributed by atoms with Gasteiger partial charge in [-0.1, -0.05) is 30.3 Å². The number of para-hydroxylation sites is 1. The minimum atomic E-state index is -0.685. The summed E-state index contributed by atoms with van der Waals surface area (Å²) in [7, 11) is 0. The van der Waals surface area contributed by atoms with Gasteiger partial charge in [-0.2, -0.15) is 0 Å². The molecule has 0 fully saturated rings. The molecule has 2 amide bonds. The molecule has 0 bridgehead atoms. The van der Waals surface area contributed by atoms with Crippen LogP contribution < -0.4 is 15.4 Å². The van der Waals surface area contributed by atoms with E-state index in [9.17, 15) is 9.59 Å². The van der Waals surface area contributed by atoms with E-state index < -0.39 is 6.10 Å². The highest BCUT2D eigenvalue weighted by Crippen LogP contribution is 2.19. The minimum Gasteiger partial charge on any atom is -0.481 e. The zero-order valence-electron chi connectivity index (χ0n) is 15.1. The van der Waals surface area contributed by atoms with Crippen molar-refractivity contribution in [1.29, 1.82) is 0 Å². The molecule has 5 nitrogen and oxygen atoms in total. The fourth-order valence-electron chi connectivity index (χ4n) is 2.45. The van der Waals surface area contributed by atoms with Crippen molar-refractivity contribution >= 4 is 17.5 Å². The topological polar surface area (TPSA) is 67.4 Å². The number of rotatable bonds is 6. The lowest BCUT2D eigenvalue weighted by molar-refractivity contribution is -0.129. The van der Waals surface area contributed by atoms with Crippen molar-refractivity contribution in [2.75, 3.05) is 11.9 Å². The summed E-state index contributed by atoms with van der Waals surface area (Å²) in [6.07, 6.45) is -0.685. The molecule has 0 saturated heterocycles. The molecule has 2 aromatic carbocycles. The van der Waals surface area contributed by atoms with E-state index in [0.717, 1.165) is 22.4 Å². The van der Waals surface area contributed by atoms with E-state index >= 15 is 0 Å². The first kappa shape index (κ1) is 18.5. The average Bonchev–Trinajstić information content (AvgIpc) is 2.56. The van der Waals surface area contributed by atoms with Gasteiger partial charge in [-0.15, -0.1) is 0 Å². The van der Waals surface area contributed by atoms with Crippen molar-refractivity contribution in [2.24, 2.45) is 0 Å². The molecule has 0 spiro atoms. The quantitative estimate of drug-likeness (QED) is 0.849. The molecule has 0 radical (unpaired) electrons. The first-order valence-electron chi connectivity index (χ1n) is 8.24. The largest absolute Gasteiger partial charge is 0.481 e. The third-order valence-electron chi connectivity index (χ3n) is 3.84. The Labute approximate surface area is 148 Å². The molecule has 132 valence electrons. The summed E-state index contributed by atoms with van der Waals surface area (Å²) >= 11 is 0. The number of nitrogens with one attached hydrogen (secondary N) is 2. The Bertz CT molecular complexity index is 751. The van der Waals surface area contributed by atoms with Gasteiger partial charge in [-0.25, -0.2) is 0 Å². The van der Waals surface area contributed by atoms with Crippen LogP contribution in [-0.4, -0.2) is 24.5 Å². The Hall–Kier alpha value is -2.82. The minimum absolute atomic E-state index is 0.103. The molecule has 0 heterocycles. The second kappa shape index (κ2) is 8.33. The van der Waals surface area contributed by atoms with Crippen LogP contribution >= 0.6 is 0 Å². The second-order valence-corrected chi connectivity index (χ2v) is 6.11. The molecule has 0 aliphatic carbocycles. The predicted molar refractivity (Wildman–Crippen MR) is 98.8 cm³/mol. The number of amides is 2. The van der Waals surface area contributed by atoms with Crippen LogP contribution in [0.15, 0.2) is 42.5 Å². The Balaban J connectivity index is 1.85. The highest BCUT2D eigenvalue weighted by Gasteiger charge is 2.16. The molecule has 2 rings (SSSR count). The SMILES string of the molecule is Cc1cccc(O[C@H](C)C(=O)NCC(=O)Nc2c(C)cccc2C)c1. The van der Waals surface area contributed by atoms with Crippen LogP contribution in [0.4, 0.5) is 5.69 Å². The van der Waals surface area contributed by atoms with Gasteiger partial charge < -0.3 is 15.4 Å². The van der Waals surface area contributed by atoms with Crippen LogP contribution in [0.5, 0.6) is 5.75 Å². The first-order valence-corrected chi connectivity index (χ1v) is 8.24. The summed E-state index contributed by atoms with van der Waals surface area (Å²) < 4.78 is 5.60. The van der Waals surface area contributed by atoms with Gasteiger partial charge in [0.15, 0.2) is 6.10 Å². The maximum absolute atomic E-state index is 12.1. The zero-order valence-corrected chi connectivity index (χ0v) is 15.1. The van der Waals surface area contributed by atoms with Gasteiger partial charge in [0.1, 0.15) is 5.75 Å². The number of carbonyl (C=O) groups excluding carboxylic acids is 2. The monoisotopic (exact) mass is 340 g/mol. The van der Waals surface area contributed by atoms with E-state index in [1.165, 1.54) is 0 Å². The number of anilines is 1. The Morgan fingerprint density at radius 3 is 2.32 bits per heavy atom. The van der Waals surface area contributed by atoms with Crippen molar-refractivity contribution in [3.05, 3.63) is 59.2 Å². The fraction of sp³-hybridized carbons (Fsp3) is 0.300. The van der Waals surface area contributed by atoms with Gasteiger partial charge in [-0.3, -0.25) is 9.59 Å². The van der Waals surface area contributed by atoms with Crippen molar-refractivity contribution < 1.29 is 14.3 Å². The van der Waals surface area contributed by atoms with E-state index in [4.69, 9.17) is 4.74 Å². The van der Waals surface area contributed by atoms with Gasteiger partial charge >= 0.3 is 0 Å². The number of benzene rings is 2. The lowest BCUT2D eigenvalue weighted by Crippen LogP contribution is -2.40. The van der Waals surface area contributed by atoms with Gasteiger partial charge in [-0.05, 0) is 56.5 Å². The Kier molecular flexibility index (Phi) is 6.17. The molecule has 25 heavy (non-hydrogen) atoms. The fourth-order valence-corrected chi connectivity index (χ4v) is 2.45. The van der Waals surface area contributed by atoms with Crippen LogP contribution in [0.3, 0.4) is 0 Å². The molecule has 2 N–H and O–H groups in total. The Morgan fingerprint density at radius 2 is 1.68 bits per heavy atom. The molecule has 0 aliphatic heterocycles. The number of hydrogen-bond donors (Lipinski definition) is 2. The van der Waals surface area contributed by atoms with Gasteiger partial charge in [0.2, 0.25) is 5.91 Å². The van der Waals surface area contributed by atoms with Crippen molar-refractivity contribution in [3.8, 4) is 5.75 Å². The summed E-state index contributed by atoms with van der Waals surface area (Å²) in [4.78, 5) is 24.2. The lowest BCUT2D eigenvalue weighted by Gasteiger charge is -2.16. The second-order valence-electron chi connectivity index (χ2n) is 6.11. The molecule has 0 saturated carbocycles. The lowest BCUT2D eigenvalue weighted by atomic mass is 10.1. The molecule has 2 aromatic rings. The van der Waals surface area contributed by atoms with Crippen molar-refractivity contribution in [3.63, 3.8) is 0 Å².